The molecule has 30 heavy (non-hydrogen) atoms. The summed E-state index contributed by atoms with van der Waals surface area (Å²) >= 11 is 0. The first-order valence-corrected chi connectivity index (χ1v) is 9.29. The number of benzene rings is 2. The summed E-state index contributed by atoms with van der Waals surface area (Å²) in [6, 6.07) is 9.71. The van der Waals surface area contributed by atoms with Gasteiger partial charge >= 0.3 is 11.8 Å². The Morgan fingerprint density at radius 2 is 1.63 bits per heavy atom. The van der Waals surface area contributed by atoms with Crippen molar-refractivity contribution in [2.24, 2.45) is 0 Å². The average molecular weight is 413 g/mol. The van der Waals surface area contributed by atoms with Crippen molar-refractivity contribution in [3.8, 4) is 17.2 Å². The highest BCUT2D eigenvalue weighted by Crippen LogP contribution is 2.34. The third kappa shape index (κ3) is 4.45. The molecule has 3 amide bonds. The molecule has 1 heterocycles. The fraction of sp³-hybridized carbons (Fsp3) is 0.286. The molecule has 0 spiro atoms. The molecule has 3 rings (SSSR count). The summed E-state index contributed by atoms with van der Waals surface area (Å²) in [6.07, 6.45) is 1.28. The number of hydrogen-bond acceptors (Lipinski definition) is 6. The second kappa shape index (κ2) is 9.17. The summed E-state index contributed by atoms with van der Waals surface area (Å²) in [5.74, 6) is -0.401. The summed E-state index contributed by atoms with van der Waals surface area (Å²) in [5, 5.41) is 5.03. The number of methoxy groups -OCH3 is 3. The van der Waals surface area contributed by atoms with Gasteiger partial charge in [0, 0.05) is 30.8 Å². The number of rotatable bonds is 6. The molecule has 0 atom stereocenters. The number of hydrogen-bond donors (Lipinski definition) is 2. The highest BCUT2D eigenvalue weighted by atomic mass is 16.5. The van der Waals surface area contributed by atoms with Crippen LogP contribution in [0, 0.1) is 0 Å². The number of carbonyl (C=O) groups is 3. The van der Waals surface area contributed by atoms with Crippen molar-refractivity contribution in [1.82, 2.24) is 0 Å². The molecule has 1 saturated heterocycles. The number of anilines is 3. The fourth-order valence-electron chi connectivity index (χ4n) is 3.16. The van der Waals surface area contributed by atoms with E-state index in [2.05, 4.69) is 10.6 Å². The van der Waals surface area contributed by atoms with Gasteiger partial charge in [0.05, 0.1) is 32.7 Å². The molecule has 9 nitrogen and oxygen atoms in total. The molecule has 0 unspecified atom stereocenters. The fourth-order valence-corrected chi connectivity index (χ4v) is 3.16. The van der Waals surface area contributed by atoms with Gasteiger partial charge in [0.1, 0.15) is 17.2 Å². The van der Waals surface area contributed by atoms with Gasteiger partial charge in [0.25, 0.3) is 0 Å². The van der Waals surface area contributed by atoms with Gasteiger partial charge in [-0.05, 0) is 30.7 Å². The van der Waals surface area contributed by atoms with E-state index in [1.165, 1.54) is 21.3 Å². The normalized spacial score (nSPS) is 13.0. The third-order valence-electron chi connectivity index (χ3n) is 4.66. The van der Waals surface area contributed by atoms with E-state index in [0.29, 0.717) is 47.3 Å². The average Bonchev–Trinajstić information content (AvgIpc) is 3.19. The minimum absolute atomic E-state index is 0.0247. The largest absolute Gasteiger partial charge is 0.497 e. The van der Waals surface area contributed by atoms with Gasteiger partial charge in [-0.25, -0.2) is 0 Å². The zero-order chi connectivity index (χ0) is 21.7. The maximum absolute atomic E-state index is 12.4. The van der Waals surface area contributed by atoms with Crippen molar-refractivity contribution < 1.29 is 28.6 Å². The van der Waals surface area contributed by atoms with E-state index in [4.69, 9.17) is 14.2 Å². The van der Waals surface area contributed by atoms with Gasteiger partial charge in [-0.2, -0.15) is 0 Å². The van der Waals surface area contributed by atoms with Gasteiger partial charge in [-0.15, -0.1) is 0 Å². The van der Waals surface area contributed by atoms with Crippen molar-refractivity contribution in [2.45, 2.75) is 12.8 Å². The lowest BCUT2D eigenvalue weighted by Gasteiger charge is -2.19. The first-order chi connectivity index (χ1) is 14.5. The molecule has 2 aromatic carbocycles. The van der Waals surface area contributed by atoms with E-state index in [-0.39, 0.29) is 5.91 Å². The number of amides is 3. The third-order valence-corrected chi connectivity index (χ3v) is 4.66. The molecule has 0 aliphatic carbocycles. The highest BCUT2D eigenvalue weighted by Gasteiger charge is 2.25. The van der Waals surface area contributed by atoms with Crippen LogP contribution in [0.15, 0.2) is 36.4 Å². The van der Waals surface area contributed by atoms with Crippen LogP contribution >= 0.6 is 0 Å². The monoisotopic (exact) mass is 413 g/mol. The SMILES string of the molecule is COc1ccc(OC)c(NC(=O)C(=O)Nc2ccc(N3CCCC3=O)c(OC)c2)c1. The van der Waals surface area contributed by atoms with Crippen LogP contribution < -0.4 is 29.7 Å². The van der Waals surface area contributed by atoms with Crippen molar-refractivity contribution >= 4 is 34.8 Å². The zero-order valence-electron chi connectivity index (χ0n) is 17.0. The molecular formula is C21H23N3O6. The first-order valence-electron chi connectivity index (χ1n) is 9.29. The predicted octanol–water partition coefficient (Wildman–Crippen LogP) is 2.42. The second-order valence-electron chi connectivity index (χ2n) is 6.51. The van der Waals surface area contributed by atoms with E-state index < -0.39 is 11.8 Å². The Morgan fingerprint density at radius 3 is 2.27 bits per heavy atom. The van der Waals surface area contributed by atoms with Crippen LogP contribution in [-0.4, -0.2) is 45.6 Å². The summed E-state index contributed by atoms with van der Waals surface area (Å²) in [4.78, 5) is 38.4. The lowest BCUT2D eigenvalue weighted by atomic mass is 10.2. The zero-order valence-corrected chi connectivity index (χ0v) is 17.0. The maximum Gasteiger partial charge on any atom is 0.314 e. The molecule has 1 fully saturated rings. The maximum atomic E-state index is 12.4. The molecule has 0 aromatic heterocycles. The minimum atomic E-state index is -0.876. The molecule has 0 bridgehead atoms. The molecule has 2 N–H and O–H groups in total. The second-order valence-corrected chi connectivity index (χ2v) is 6.51. The van der Waals surface area contributed by atoms with Crippen LogP contribution in [0.5, 0.6) is 17.2 Å². The molecule has 158 valence electrons. The van der Waals surface area contributed by atoms with E-state index in [1.807, 2.05) is 0 Å². The Hall–Kier alpha value is -3.75. The van der Waals surface area contributed by atoms with Gasteiger partial charge in [-0.1, -0.05) is 0 Å². The van der Waals surface area contributed by atoms with Crippen molar-refractivity contribution in [1.29, 1.82) is 0 Å². The van der Waals surface area contributed by atoms with Gasteiger partial charge < -0.3 is 29.7 Å². The van der Waals surface area contributed by atoms with Gasteiger partial charge in [0.15, 0.2) is 0 Å². The topological polar surface area (TPSA) is 106 Å². The molecule has 0 radical (unpaired) electrons. The predicted molar refractivity (Wildman–Crippen MR) is 111 cm³/mol. The van der Waals surface area contributed by atoms with E-state index in [9.17, 15) is 14.4 Å². The van der Waals surface area contributed by atoms with Crippen LogP contribution in [0.1, 0.15) is 12.8 Å². The Morgan fingerprint density at radius 1 is 0.900 bits per heavy atom. The first kappa shape index (κ1) is 21.0. The number of nitrogens with one attached hydrogen (secondary N) is 2. The quantitative estimate of drug-likeness (QED) is 0.705. The van der Waals surface area contributed by atoms with Crippen LogP contribution in [0.25, 0.3) is 0 Å². The Bertz CT molecular complexity index is 975. The smallest absolute Gasteiger partial charge is 0.314 e. The van der Waals surface area contributed by atoms with Gasteiger partial charge in [0.2, 0.25) is 5.91 Å². The Labute approximate surface area is 173 Å². The van der Waals surface area contributed by atoms with E-state index in [0.717, 1.165) is 6.42 Å². The summed E-state index contributed by atoms with van der Waals surface area (Å²) in [7, 11) is 4.43. The lowest BCUT2D eigenvalue weighted by molar-refractivity contribution is -0.133. The van der Waals surface area contributed by atoms with Crippen molar-refractivity contribution in [3.63, 3.8) is 0 Å². The van der Waals surface area contributed by atoms with E-state index >= 15 is 0 Å². The van der Waals surface area contributed by atoms with Crippen LogP contribution in [0.2, 0.25) is 0 Å². The number of carbonyl (C=O) groups excluding carboxylic acids is 3. The van der Waals surface area contributed by atoms with Crippen molar-refractivity contribution in [3.05, 3.63) is 36.4 Å². The van der Waals surface area contributed by atoms with E-state index in [1.54, 1.807) is 41.3 Å². The number of nitrogens with zero attached hydrogens (tertiary/aromatic N) is 1. The lowest BCUT2D eigenvalue weighted by Crippen LogP contribution is -2.29. The summed E-state index contributed by atoms with van der Waals surface area (Å²) in [6.45, 7) is 0.617. The van der Waals surface area contributed by atoms with Crippen LogP contribution in [0.4, 0.5) is 17.1 Å². The van der Waals surface area contributed by atoms with Gasteiger partial charge in [-0.3, -0.25) is 14.4 Å². The molecule has 0 saturated carbocycles. The Kier molecular flexibility index (Phi) is 6.41. The summed E-state index contributed by atoms with van der Waals surface area (Å²) in [5.41, 5.74) is 1.29. The molecular weight excluding hydrogens is 390 g/mol. The molecule has 1 aliphatic heterocycles. The molecule has 2 aromatic rings. The van der Waals surface area contributed by atoms with Crippen LogP contribution in [-0.2, 0) is 14.4 Å². The Balaban J connectivity index is 1.72. The van der Waals surface area contributed by atoms with Crippen molar-refractivity contribution in [2.75, 3.05) is 43.4 Å². The summed E-state index contributed by atoms with van der Waals surface area (Å²) < 4.78 is 15.7. The minimum Gasteiger partial charge on any atom is -0.497 e. The highest BCUT2D eigenvalue weighted by molar-refractivity contribution is 6.43. The van der Waals surface area contributed by atoms with Crippen LogP contribution in [0.3, 0.4) is 0 Å². The molecule has 9 heteroatoms. The molecule has 1 aliphatic rings. The number of ether oxygens (including phenoxy) is 3. The standard InChI is InChI=1S/C21H23N3O6/c1-28-14-7-9-17(29-2)15(12-14)23-21(27)20(26)22-13-6-8-16(18(11-13)30-3)24-10-4-5-19(24)25/h6-9,11-12H,4-5,10H2,1-3H3,(H,22,26)(H,23,27).